The Kier molecular flexibility index (Phi) is 4.99. The van der Waals surface area contributed by atoms with E-state index >= 15 is 0 Å². The van der Waals surface area contributed by atoms with Gasteiger partial charge in [-0.2, -0.15) is 16.6 Å². The van der Waals surface area contributed by atoms with Gasteiger partial charge in [0.05, 0.1) is 11.1 Å². The van der Waals surface area contributed by atoms with Crippen molar-refractivity contribution in [2.24, 2.45) is 5.41 Å². The van der Waals surface area contributed by atoms with Crippen molar-refractivity contribution >= 4 is 23.0 Å². The van der Waals surface area contributed by atoms with Crippen LogP contribution in [0.3, 0.4) is 0 Å². The summed E-state index contributed by atoms with van der Waals surface area (Å²) in [5.41, 5.74) is 0.156. The van der Waals surface area contributed by atoms with Gasteiger partial charge < -0.3 is 4.90 Å². The molecule has 0 fully saturated rings. The van der Waals surface area contributed by atoms with Crippen LogP contribution in [0.15, 0.2) is 46.7 Å². The first kappa shape index (κ1) is 20.0. The van der Waals surface area contributed by atoms with Gasteiger partial charge in [-0.15, -0.1) is 0 Å². The van der Waals surface area contributed by atoms with Gasteiger partial charge in [0, 0.05) is 18.0 Å². The molecule has 144 valence electrons. The molecule has 1 aliphatic carbocycles. The van der Waals surface area contributed by atoms with E-state index in [9.17, 15) is 19.2 Å². The third kappa shape index (κ3) is 3.50. The molecule has 0 spiro atoms. The Hall–Kier alpha value is -2.78. The minimum absolute atomic E-state index is 0.0524. The molecule has 1 aliphatic rings. The molecule has 0 saturated heterocycles. The lowest BCUT2D eigenvalue weighted by molar-refractivity contribution is -0.125. The third-order valence-corrected chi connectivity index (χ3v) is 5.99. The molecule has 0 bridgehead atoms. The van der Waals surface area contributed by atoms with Crippen LogP contribution in [0.2, 0.25) is 0 Å². The summed E-state index contributed by atoms with van der Waals surface area (Å²) in [6.45, 7) is 5.36. The van der Waals surface area contributed by atoms with E-state index < -0.39 is 16.8 Å². The van der Waals surface area contributed by atoms with E-state index in [1.807, 2.05) is 29.8 Å². The second-order valence-corrected chi connectivity index (χ2v) is 8.80. The lowest BCUT2D eigenvalue weighted by Gasteiger charge is -2.44. The number of ketones is 1. The number of halogens is 1. The fraction of sp³-hybridized carbons (Fsp3) is 0.318. The molecular weight excluding hydrogens is 375 g/mol. The number of Topliss-reactive ketones (excluding diaryl/α,β-unsaturated/α-hetero) is 1. The summed E-state index contributed by atoms with van der Waals surface area (Å²) in [5, 5.41) is 13.1. The van der Waals surface area contributed by atoms with Crippen molar-refractivity contribution < 1.29 is 14.0 Å². The highest BCUT2D eigenvalue weighted by atomic mass is 32.1. The van der Waals surface area contributed by atoms with Crippen LogP contribution in [-0.2, 0) is 4.79 Å². The molecule has 3 rings (SSSR count). The summed E-state index contributed by atoms with van der Waals surface area (Å²) in [4.78, 5) is 27.1. The summed E-state index contributed by atoms with van der Waals surface area (Å²) in [7, 11) is 1.62. The average Bonchev–Trinajstić information content (AvgIpc) is 3.17. The molecule has 0 aliphatic heterocycles. The van der Waals surface area contributed by atoms with Crippen molar-refractivity contribution in [1.82, 2.24) is 4.90 Å². The van der Waals surface area contributed by atoms with E-state index in [-0.39, 0.29) is 22.8 Å². The maximum Gasteiger partial charge on any atom is 0.254 e. The zero-order valence-corrected chi connectivity index (χ0v) is 17.1. The van der Waals surface area contributed by atoms with Crippen molar-refractivity contribution in [2.45, 2.75) is 32.7 Å². The maximum atomic E-state index is 14.2. The second kappa shape index (κ2) is 6.99. The second-order valence-electron chi connectivity index (χ2n) is 8.02. The van der Waals surface area contributed by atoms with Crippen LogP contribution < -0.4 is 0 Å². The van der Waals surface area contributed by atoms with Gasteiger partial charge in [0.15, 0.2) is 5.78 Å². The van der Waals surface area contributed by atoms with Crippen LogP contribution in [0.4, 0.5) is 4.39 Å². The molecule has 1 amide bonds. The number of amides is 1. The first-order chi connectivity index (χ1) is 13.1. The first-order valence-electron chi connectivity index (χ1n) is 8.86. The number of benzene rings is 1. The highest BCUT2D eigenvalue weighted by Gasteiger charge is 2.46. The highest BCUT2D eigenvalue weighted by molar-refractivity contribution is 7.08. The number of rotatable bonds is 3. The van der Waals surface area contributed by atoms with Crippen molar-refractivity contribution in [3.8, 4) is 17.2 Å². The molecule has 2 aromatic rings. The number of nitrogens with zero attached hydrogens (tertiary/aromatic N) is 2. The fourth-order valence-electron chi connectivity index (χ4n) is 3.80. The van der Waals surface area contributed by atoms with E-state index in [1.165, 1.54) is 28.4 Å². The van der Waals surface area contributed by atoms with E-state index in [1.54, 1.807) is 33.0 Å². The standard InChI is InChI=1S/C22H21FN2O2S/c1-21(2)13-22(3,10-17(11-24)19(21)26)25(4)20(27)16-7-15(8-18(23)9-16)14-5-6-28-12-14/h5-10,12H,13H2,1-4H3/t22-/m1/s1. The molecule has 0 N–H and O–H groups in total. The van der Waals surface area contributed by atoms with Crippen molar-refractivity contribution in [2.75, 3.05) is 7.05 Å². The molecule has 1 atom stereocenters. The predicted octanol–water partition coefficient (Wildman–Crippen LogP) is 4.83. The van der Waals surface area contributed by atoms with Crippen molar-refractivity contribution in [3.63, 3.8) is 0 Å². The molecule has 28 heavy (non-hydrogen) atoms. The maximum absolute atomic E-state index is 14.2. The SMILES string of the molecule is CN(C(=O)c1cc(F)cc(-c2ccsc2)c1)[C@]1(C)C=C(C#N)C(=O)C(C)(C)C1. The van der Waals surface area contributed by atoms with Gasteiger partial charge in [0.2, 0.25) is 0 Å². The van der Waals surface area contributed by atoms with E-state index in [0.29, 0.717) is 12.0 Å². The number of thiophene rings is 1. The number of carbonyl (C=O) groups is 2. The smallest absolute Gasteiger partial charge is 0.254 e. The van der Waals surface area contributed by atoms with Gasteiger partial charge >= 0.3 is 0 Å². The number of hydrogen-bond donors (Lipinski definition) is 0. The van der Waals surface area contributed by atoms with Gasteiger partial charge in [0.1, 0.15) is 11.9 Å². The van der Waals surface area contributed by atoms with Crippen LogP contribution in [0, 0.1) is 22.6 Å². The zero-order chi connectivity index (χ0) is 20.7. The molecule has 1 aromatic heterocycles. The number of nitriles is 1. The van der Waals surface area contributed by atoms with E-state index in [2.05, 4.69) is 0 Å². The quantitative estimate of drug-likeness (QED) is 0.746. The Morgan fingerprint density at radius 2 is 1.96 bits per heavy atom. The van der Waals surface area contributed by atoms with Gasteiger partial charge in [0.25, 0.3) is 5.91 Å². The Morgan fingerprint density at radius 1 is 1.25 bits per heavy atom. The van der Waals surface area contributed by atoms with Crippen LogP contribution >= 0.6 is 11.3 Å². The number of allylic oxidation sites excluding steroid dienone is 1. The van der Waals surface area contributed by atoms with Crippen LogP contribution in [0.5, 0.6) is 0 Å². The predicted molar refractivity (Wildman–Crippen MR) is 107 cm³/mol. The lowest BCUT2D eigenvalue weighted by atomic mass is 9.68. The Balaban J connectivity index is 2.00. The summed E-state index contributed by atoms with van der Waals surface area (Å²) < 4.78 is 14.2. The summed E-state index contributed by atoms with van der Waals surface area (Å²) >= 11 is 1.50. The lowest BCUT2D eigenvalue weighted by Crippen LogP contribution is -2.52. The van der Waals surface area contributed by atoms with Crippen LogP contribution in [-0.4, -0.2) is 29.2 Å². The number of carbonyl (C=O) groups excluding carboxylic acids is 2. The molecule has 0 radical (unpaired) electrons. The summed E-state index contributed by atoms with van der Waals surface area (Å²) in [6, 6.07) is 8.10. The Morgan fingerprint density at radius 3 is 2.57 bits per heavy atom. The van der Waals surface area contributed by atoms with E-state index in [4.69, 9.17) is 0 Å². The molecule has 1 aromatic carbocycles. The summed E-state index contributed by atoms with van der Waals surface area (Å²) in [6.07, 6.45) is 1.93. The highest BCUT2D eigenvalue weighted by Crippen LogP contribution is 2.40. The Labute approximate surface area is 167 Å². The van der Waals surface area contributed by atoms with Crippen molar-refractivity contribution in [3.05, 3.63) is 58.1 Å². The molecule has 4 nitrogen and oxygen atoms in total. The molecule has 0 unspecified atom stereocenters. The number of hydrogen-bond acceptors (Lipinski definition) is 4. The molecule has 6 heteroatoms. The fourth-order valence-corrected chi connectivity index (χ4v) is 4.46. The molecule has 0 saturated carbocycles. The minimum atomic E-state index is -0.839. The average molecular weight is 396 g/mol. The monoisotopic (exact) mass is 396 g/mol. The largest absolute Gasteiger partial charge is 0.333 e. The molecule has 1 heterocycles. The van der Waals surface area contributed by atoms with Crippen LogP contribution in [0.1, 0.15) is 37.6 Å². The van der Waals surface area contributed by atoms with Gasteiger partial charge in [-0.3, -0.25) is 9.59 Å². The third-order valence-electron chi connectivity index (χ3n) is 5.30. The first-order valence-corrected chi connectivity index (χ1v) is 9.81. The Bertz CT molecular complexity index is 1020. The van der Waals surface area contributed by atoms with Crippen LogP contribution in [0.25, 0.3) is 11.1 Å². The van der Waals surface area contributed by atoms with Crippen molar-refractivity contribution in [1.29, 1.82) is 5.26 Å². The van der Waals surface area contributed by atoms with Gasteiger partial charge in [-0.1, -0.05) is 13.8 Å². The zero-order valence-electron chi connectivity index (χ0n) is 16.2. The summed E-state index contributed by atoms with van der Waals surface area (Å²) in [5.74, 6) is -1.07. The number of likely N-dealkylation sites (N-methyl/N-ethyl adjacent to an activating group) is 1. The minimum Gasteiger partial charge on any atom is -0.333 e. The van der Waals surface area contributed by atoms with Gasteiger partial charge in [-0.25, -0.2) is 4.39 Å². The molecular formula is C22H21FN2O2S. The van der Waals surface area contributed by atoms with E-state index in [0.717, 1.165) is 5.56 Å². The van der Waals surface area contributed by atoms with Gasteiger partial charge in [-0.05, 0) is 65.6 Å². The normalized spacial score (nSPS) is 21.0. The topological polar surface area (TPSA) is 61.2 Å².